The van der Waals surface area contributed by atoms with E-state index in [-0.39, 0.29) is 5.92 Å². The molecule has 15 heavy (non-hydrogen) atoms. The van der Waals surface area contributed by atoms with Crippen molar-refractivity contribution in [2.24, 2.45) is 5.92 Å². The van der Waals surface area contributed by atoms with Crippen molar-refractivity contribution < 1.29 is 4.79 Å². The molecule has 0 aromatic heterocycles. The number of carbonyl (C=O) groups is 1. The summed E-state index contributed by atoms with van der Waals surface area (Å²) >= 11 is 0. The van der Waals surface area contributed by atoms with E-state index in [1.54, 1.807) is 0 Å². The van der Waals surface area contributed by atoms with Crippen LogP contribution in [0.3, 0.4) is 0 Å². The zero-order valence-corrected chi connectivity index (χ0v) is 9.83. The molecule has 1 N–H and O–H groups in total. The zero-order valence-electron chi connectivity index (χ0n) is 9.83. The Bertz CT molecular complexity index is 238. The molecule has 0 spiro atoms. The van der Waals surface area contributed by atoms with E-state index in [9.17, 15) is 4.79 Å². The van der Waals surface area contributed by atoms with E-state index in [1.807, 2.05) is 11.9 Å². The summed E-state index contributed by atoms with van der Waals surface area (Å²) in [6.45, 7) is 3.20. The van der Waals surface area contributed by atoms with E-state index >= 15 is 0 Å². The number of amides is 1. The van der Waals surface area contributed by atoms with Crippen LogP contribution in [-0.2, 0) is 4.79 Å². The molecule has 1 heterocycles. The smallest absolute Gasteiger partial charge is 0.227 e. The highest BCUT2D eigenvalue weighted by atomic mass is 16.2. The van der Waals surface area contributed by atoms with Crippen molar-refractivity contribution in [3.05, 3.63) is 0 Å². The first-order valence-corrected chi connectivity index (χ1v) is 6.20. The molecule has 1 aliphatic heterocycles. The average Bonchev–Trinajstić information content (AvgIpc) is 2.15. The molecule has 2 fully saturated rings. The summed E-state index contributed by atoms with van der Waals surface area (Å²) < 4.78 is 0. The summed E-state index contributed by atoms with van der Waals surface area (Å²) in [5.41, 5.74) is 0. The van der Waals surface area contributed by atoms with Crippen molar-refractivity contribution in [3.8, 4) is 0 Å². The molecule has 2 aliphatic rings. The van der Waals surface area contributed by atoms with Gasteiger partial charge in [0.1, 0.15) is 0 Å². The van der Waals surface area contributed by atoms with E-state index in [4.69, 9.17) is 0 Å². The first-order valence-electron chi connectivity index (χ1n) is 6.20. The summed E-state index contributed by atoms with van der Waals surface area (Å²) in [6, 6.07) is 0.889. The number of rotatable bonds is 2. The molecular formula is C12H22N2O. The molecule has 3 nitrogen and oxygen atoms in total. The van der Waals surface area contributed by atoms with Crippen LogP contribution in [0.25, 0.3) is 0 Å². The molecule has 1 amide bonds. The summed E-state index contributed by atoms with van der Waals surface area (Å²) in [5, 5.41) is 3.40. The van der Waals surface area contributed by atoms with Gasteiger partial charge in [-0.15, -0.1) is 0 Å². The fourth-order valence-corrected chi connectivity index (χ4v) is 2.60. The van der Waals surface area contributed by atoms with Crippen LogP contribution in [0.15, 0.2) is 0 Å². The van der Waals surface area contributed by atoms with Gasteiger partial charge in [0.2, 0.25) is 5.91 Å². The molecule has 2 atom stereocenters. The van der Waals surface area contributed by atoms with Crippen LogP contribution in [0.4, 0.5) is 0 Å². The average molecular weight is 210 g/mol. The molecule has 3 heteroatoms. The fourth-order valence-electron chi connectivity index (χ4n) is 2.60. The van der Waals surface area contributed by atoms with Gasteiger partial charge in [-0.3, -0.25) is 4.79 Å². The Hall–Kier alpha value is -0.570. The minimum atomic E-state index is 0.212. The second-order valence-electron chi connectivity index (χ2n) is 5.03. The van der Waals surface area contributed by atoms with Gasteiger partial charge in [0.15, 0.2) is 0 Å². The third kappa shape index (κ3) is 2.17. The molecule has 0 unspecified atom stereocenters. The highest BCUT2D eigenvalue weighted by Crippen LogP contribution is 2.27. The lowest BCUT2D eigenvalue weighted by Crippen LogP contribution is -2.51. The van der Waals surface area contributed by atoms with E-state index in [0.717, 1.165) is 19.4 Å². The molecule has 1 aliphatic carbocycles. The molecule has 1 saturated heterocycles. The van der Waals surface area contributed by atoms with Crippen LogP contribution in [0.2, 0.25) is 0 Å². The van der Waals surface area contributed by atoms with Crippen LogP contribution in [0.1, 0.15) is 39.0 Å². The van der Waals surface area contributed by atoms with Crippen LogP contribution in [0, 0.1) is 5.92 Å². The van der Waals surface area contributed by atoms with Crippen molar-refractivity contribution in [2.45, 2.75) is 51.1 Å². The van der Waals surface area contributed by atoms with Crippen LogP contribution in [0.5, 0.6) is 0 Å². The SMILES string of the molecule is C[C@H]1NCCC[C@H]1C(=O)N(C)C1CCC1. The van der Waals surface area contributed by atoms with E-state index in [1.165, 1.54) is 19.3 Å². The number of nitrogens with zero attached hydrogens (tertiary/aromatic N) is 1. The summed E-state index contributed by atoms with van der Waals surface area (Å²) in [6.07, 6.45) is 5.90. The minimum absolute atomic E-state index is 0.212. The quantitative estimate of drug-likeness (QED) is 0.747. The monoisotopic (exact) mass is 210 g/mol. The van der Waals surface area contributed by atoms with E-state index in [0.29, 0.717) is 18.0 Å². The predicted octanol–water partition coefficient (Wildman–Crippen LogP) is 1.39. The van der Waals surface area contributed by atoms with Gasteiger partial charge in [-0.25, -0.2) is 0 Å². The third-order valence-corrected chi connectivity index (χ3v) is 4.05. The number of carbonyl (C=O) groups excluding carboxylic acids is 1. The number of nitrogens with one attached hydrogen (secondary N) is 1. The topological polar surface area (TPSA) is 32.3 Å². The number of hydrogen-bond donors (Lipinski definition) is 1. The Morgan fingerprint density at radius 3 is 2.53 bits per heavy atom. The van der Waals surface area contributed by atoms with Crippen LogP contribution < -0.4 is 5.32 Å². The van der Waals surface area contributed by atoms with Crippen LogP contribution in [-0.4, -0.2) is 36.5 Å². The maximum atomic E-state index is 12.2. The standard InChI is InChI=1S/C12H22N2O/c1-9-11(7-4-8-13-9)12(15)14(2)10-5-3-6-10/h9-11,13H,3-8H2,1-2H3/t9-,11-/m1/s1. The second kappa shape index (κ2) is 4.52. The number of piperidine rings is 1. The summed E-state index contributed by atoms with van der Waals surface area (Å²) in [5.74, 6) is 0.573. The van der Waals surface area contributed by atoms with Crippen molar-refractivity contribution >= 4 is 5.91 Å². The minimum Gasteiger partial charge on any atom is -0.342 e. The molecule has 2 rings (SSSR count). The molecular weight excluding hydrogens is 188 g/mol. The lowest BCUT2D eigenvalue weighted by atomic mass is 9.87. The van der Waals surface area contributed by atoms with Crippen molar-refractivity contribution in [1.82, 2.24) is 10.2 Å². The molecule has 0 aromatic carbocycles. The Morgan fingerprint density at radius 1 is 1.27 bits per heavy atom. The maximum Gasteiger partial charge on any atom is 0.227 e. The van der Waals surface area contributed by atoms with Gasteiger partial charge in [-0.2, -0.15) is 0 Å². The molecule has 1 saturated carbocycles. The first kappa shape index (κ1) is 10.9. The molecule has 86 valence electrons. The Kier molecular flexibility index (Phi) is 3.29. The fraction of sp³-hybridized carbons (Fsp3) is 0.917. The van der Waals surface area contributed by atoms with Gasteiger partial charge in [0, 0.05) is 19.1 Å². The molecule has 0 radical (unpaired) electrons. The Labute approximate surface area is 92.2 Å². The van der Waals surface area contributed by atoms with Gasteiger partial charge in [0.05, 0.1) is 5.92 Å². The van der Waals surface area contributed by atoms with Gasteiger partial charge >= 0.3 is 0 Å². The normalized spacial score (nSPS) is 32.1. The van der Waals surface area contributed by atoms with Crippen LogP contribution >= 0.6 is 0 Å². The Balaban J connectivity index is 1.92. The maximum absolute atomic E-state index is 12.2. The second-order valence-corrected chi connectivity index (χ2v) is 5.03. The summed E-state index contributed by atoms with van der Waals surface area (Å²) in [7, 11) is 1.98. The number of hydrogen-bond acceptors (Lipinski definition) is 2. The lowest BCUT2D eigenvalue weighted by Gasteiger charge is -2.39. The molecule has 0 bridgehead atoms. The molecule has 0 aromatic rings. The highest BCUT2D eigenvalue weighted by molar-refractivity contribution is 5.79. The van der Waals surface area contributed by atoms with E-state index < -0.39 is 0 Å². The van der Waals surface area contributed by atoms with Gasteiger partial charge in [0.25, 0.3) is 0 Å². The largest absolute Gasteiger partial charge is 0.342 e. The van der Waals surface area contributed by atoms with Crippen molar-refractivity contribution in [2.75, 3.05) is 13.6 Å². The third-order valence-electron chi connectivity index (χ3n) is 4.05. The van der Waals surface area contributed by atoms with Gasteiger partial charge in [-0.05, 0) is 45.6 Å². The van der Waals surface area contributed by atoms with Crippen molar-refractivity contribution in [3.63, 3.8) is 0 Å². The predicted molar refractivity (Wildman–Crippen MR) is 60.6 cm³/mol. The first-order chi connectivity index (χ1) is 7.20. The van der Waals surface area contributed by atoms with Gasteiger partial charge in [-0.1, -0.05) is 0 Å². The summed E-state index contributed by atoms with van der Waals surface area (Å²) in [4.78, 5) is 14.2. The van der Waals surface area contributed by atoms with E-state index in [2.05, 4.69) is 12.2 Å². The van der Waals surface area contributed by atoms with Crippen molar-refractivity contribution in [1.29, 1.82) is 0 Å². The Morgan fingerprint density at radius 2 is 2.00 bits per heavy atom. The zero-order chi connectivity index (χ0) is 10.8. The highest BCUT2D eigenvalue weighted by Gasteiger charge is 2.33. The lowest BCUT2D eigenvalue weighted by molar-refractivity contribution is -0.139. The van der Waals surface area contributed by atoms with Gasteiger partial charge < -0.3 is 10.2 Å².